The minimum Gasteiger partial charge on any atom is -0.497 e. The van der Waals surface area contributed by atoms with E-state index in [0.717, 1.165) is 5.56 Å². The van der Waals surface area contributed by atoms with Gasteiger partial charge in [-0.25, -0.2) is 13.1 Å². The number of hydrogen-bond acceptors (Lipinski definition) is 4. The Morgan fingerprint density at radius 1 is 0.933 bits per heavy atom. The summed E-state index contributed by atoms with van der Waals surface area (Å²) in [6.45, 7) is 1.87. The number of nitrogens with one attached hydrogen (secondary N) is 1. The highest BCUT2D eigenvalue weighted by molar-refractivity contribution is 7.89. The molecule has 3 aromatic rings. The molecule has 0 amide bonds. The Morgan fingerprint density at radius 2 is 1.53 bits per heavy atom. The summed E-state index contributed by atoms with van der Waals surface area (Å²) in [6.07, 6.45) is 0. The van der Waals surface area contributed by atoms with Gasteiger partial charge in [0.25, 0.3) is 0 Å². The Balaban J connectivity index is 1.94. The molecular weight excluding hydrogens is 422 g/mol. The van der Waals surface area contributed by atoms with E-state index in [-0.39, 0.29) is 10.7 Å². The van der Waals surface area contributed by atoms with E-state index in [0.29, 0.717) is 16.9 Å². The molecule has 0 spiro atoms. The van der Waals surface area contributed by atoms with Crippen molar-refractivity contribution in [2.75, 3.05) is 7.11 Å². The van der Waals surface area contributed by atoms with E-state index in [1.54, 1.807) is 60.7 Å². The first kappa shape index (κ1) is 22.0. The molecule has 0 unspecified atom stereocenters. The number of hydrogen-bond donors (Lipinski definition) is 1. The second kappa shape index (κ2) is 9.43. The number of sulfonamides is 1. The van der Waals surface area contributed by atoms with Crippen LogP contribution in [0.25, 0.3) is 0 Å². The SMILES string of the molecule is COc1ccc(C(=O)[C@H](Cl)[C@H](NS(=O)(=O)c2ccc(C)cc2)c2ccccc2)cc1. The Labute approximate surface area is 181 Å². The molecule has 156 valence electrons. The van der Waals surface area contributed by atoms with Crippen LogP contribution >= 0.6 is 11.6 Å². The summed E-state index contributed by atoms with van der Waals surface area (Å²) in [7, 11) is -2.37. The Kier molecular flexibility index (Phi) is 6.92. The highest BCUT2D eigenvalue weighted by Crippen LogP contribution is 2.27. The monoisotopic (exact) mass is 443 g/mol. The van der Waals surface area contributed by atoms with Crippen LogP contribution in [-0.4, -0.2) is 26.7 Å². The number of ketones is 1. The number of carbonyl (C=O) groups is 1. The molecule has 0 radical (unpaired) electrons. The van der Waals surface area contributed by atoms with Crippen LogP contribution in [0, 0.1) is 6.92 Å². The summed E-state index contributed by atoms with van der Waals surface area (Å²) < 4.78 is 33.7. The lowest BCUT2D eigenvalue weighted by Crippen LogP contribution is -2.37. The van der Waals surface area contributed by atoms with Gasteiger partial charge in [-0.1, -0.05) is 48.0 Å². The van der Waals surface area contributed by atoms with Crippen molar-refractivity contribution < 1.29 is 17.9 Å². The molecule has 0 aliphatic rings. The quantitative estimate of drug-likeness (QED) is 0.410. The van der Waals surface area contributed by atoms with Gasteiger partial charge in [-0.2, -0.15) is 0 Å². The first-order valence-electron chi connectivity index (χ1n) is 9.28. The fourth-order valence-electron chi connectivity index (χ4n) is 2.98. The Morgan fingerprint density at radius 3 is 2.10 bits per heavy atom. The minimum absolute atomic E-state index is 0.106. The van der Waals surface area contributed by atoms with Crippen molar-refractivity contribution in [3.05, 3.63) is 95.6 Å². The normalized spacial score (nSPS) is 13.4. The van der Waals surface area contributed by atoms with Gasteiger partial charge in [0.05, 0.1) is 18.0 Å². The van der Waals surface area contributed by atoms with Gasteiger partial charge in [-0.3, -0.25) is 4.79 Å². The fourth-order valence-corrected chi connectivity index (χ4v) is 4.62. The van der Waals surface area contributed by atoms with Crippen LogP contribution in [0.4, 0.5) is 0 Å². The molecule has 0 bridgehead atoms. The van der Waals surface area contributed by atoms with Crippen molar-refractivity contribution >= 4 is 27.4 Å². The number of Topliss-reactive ketones (excluding diaryl/α,β-unsaturated/α-hetero) is 1. The zero-order valence-corrected chi connectivity index (χ0v) is 18.2. The third kappa shape index (κ3) is 5.08. The highest BCUT2D eigenvalue weighted by atomic mass is 35.5. The smallest absolute Gasteiger partial charge is 0.241 e. The second-order valence-corrected chi connectivity index (χ2v) is 9.00. The molecule has 0 saturated heterocycles. The predicted molar refractivity (Wildman–Crippen MR) is 118 cm³/mol. The van der Waals surface area contributed by atoms with E-state index in [1.165, 1.54) is 19.2 Å². The number of ether oxygens (including phenoxy) is 1. The summed E-state index contributed by atoms with van der Waals surface area (Å²) in [5.41, 5.74) is 1.90. The largest absolute Gasteiger partial charge is 0.497 e. The second-order valence-electron chi connectivity index (χ2n) is 6.82. The summed E-state index contributed by atoms with van der Waals surface area (Å²) in [6, 6.07) is 20.9. The lowest BCUT2D eigenvalue weighted by Gasteiger charge is -2.23. The van der Waals surface area contributed by atoms with Crippen LogP contribution in [0.5, 0.6) is 5.75 Å². The Bertz CT molecular complexity index is 1100. The van der Waals surface area contributed by atoms with Crippen LogP contribution in [0.3, 0.4) is 0 Å². The molecule has 3 aromatic carbocycles. The lowest BCUT2D eigenvalue weighted by atomic mass is 9.98. The van der Waals surface area contributed by atoms with E-state index in [2.05, 4.69) is 4.72 Å². The fraction of sp³-hybridized carbons (Fsp3) is 0.174. The average Bonchev–Trinajstić information content (AvgIpc) is 2.77. The van der Waals surface area contributed by atoms with Crippen molar-refractivity contribution in [2.45, 2.75) is 23.2 Å². The van der Waals surface area contributed by atoms with E-state index in [1.807, 2.05) is 13.0 Å². The molecule has 0 aliphatic heterocycles. The molecule has 0 saturated carbocycles. The van der Waals surface area contributed by atoms with Gasteiger partial charge in [0.1, 0.15) is 11.1 Å². The van der Waals surface area contributed by atoms with Gasteiger partial charge < -0.3 is 4.74 Å². The van der Waals surface area contributed by atoms with Gasteiger partial charge in [-0.05, 0) is 48.9 Å². The van der Waals surface area contributed by atoms with E-state index >= 15 is 0 Å². The van der Waals surface area contributed by atoms with E-state index in [4.69, 9.17) is 16.3 Å². The zero-order chi connectivity index (χ0) is 21.7. The zero-order valence-electron chi connectivity index (χ0n) is 16.6. The van der Waals surface area contributed by atoms with Crippen molar-refractivity contribution in [2.24, 2.45) is 0 Å². The molecule has 2 atom stereocenters. The van der Waals surface area contributed by atoms with Gasteiger partial charge >= 0.3 is 0 Å². The topological polar surface area (TPSA) is 72.5 Å². The number of benzene rings is 3. The van der Waals surface area contributed by atoms with Crippen LogP contribution in [0.1, 0.15) is 27.5 Å². The van der Waals surface area contributed by atoms with Crippen molar-refractivity contribution in [3.8, 4) is 5.75 Å². The molecule has 7 heteroatoms. The molecule has 0 aliphatic carbocycles. The average molecular weight is 444 g/mol. The molecule has 30 heavy (non-hydrogen) atoms. The summed E-state index contributed by atoms with van der Waals surface area (Å²) >= 11 is 6.55. The van der Waals surface area contributed by atoms with E-state index in [9.17, 15) is 13.2 Å². The highest BCUT2D eigenvalue weighted by Gasteiger charge is 2.32. The number of methoxy groups -OCH3 is 1. The van der Waals surface area contributed by atoms with Crippen LogP contribution in [0.2, 0.25) is 0 Å². The molecule has 0 aromatic heterocycles. The maximum absolute atomic E-state index is 13.0. The summed E-state index contributed by atoms with van der Waals surface area (Å²) in [5.74, 6) is 0.220. The van der Waals surface area contributed by atoms with E-state index < -0.39 is 21.4 Å². The van der Waals surface area contributed by atoms with Gasteiger partial charge in [-0.15, -0.1) is 11.6 Å². The van der Waals surface area contributed by atoms with Gasteiger partial charge in [0.2, 0.25) is 10.0 Å². The first-order chi connectivity index (χ1) is 14.3. The standard InChI is InChI=1S/C23H22ClNO4S/c1-16-8-14-20(15-9-16)30(27,28)25-22(17-6-4-3-5-7-17)21(24)23(26)18-10-12-19(29-2)13-11-18/h3-15,21-22,25H,1-2H3/t21-,22-/m1/s1. The van der Waals surface area contributed by atoms with Crippen molar-refractivity contribution in [1.29, 1.82) is 0 Å². The number of alkyl halides is 1. The van der Waals surface area contributed by atoms with Crippen LogP contribution in [-0.2, 0) is 10.0 Å². The summed E-state index contributed by atoms with van der Waals surface area (Å²) in [4.78, 5) is 13.1. The molecule has 0 heterocycles. The maximum Gasteiger partial charge on any atom is 0.241 e. The molecule has 5 nitrogen and oxygen atoms in total. The Hall–Kier alpha value is -2.67. The number of aryl methyl sites for hydroxylation is 1. The number of carbonyl (C=O) groups excluding carboxylic acids is 1. The van der Waals surface area contributed by atoms with Crippen LogP contribution < -0.4 is 9.46 Å². The number of rotatable bonds is 8. The summed E-state index contributed by atoms with van der Waals surface area (Å²) in [5, 5.41) is -1.15. The lowest BCUT2D eigenvalue weighted by molar-refractivity contribution is 0.0976. The third-order valence-corrected chi connectivity index (χ3v) is 6.60. The minimum atomic E-state index is -3.90. The van der Waals surface area contributed by atoms with Gasteiger partial charge in [0, 0.05) is 5.56 Å². The molecule has 0 fully saturated rings. The van der Waals surface area contributed by atoms with Crippen molar-refractivity contribution in [3.63, 3.8) is 0 Å². The maximum atomic E-state index is 13.0. The molecule has 1 N–H and O–H groups in total. The molecule has 3 rings (SSSR count). The van der Waals surface area contributed by atoms with Crippen molar-refractivity contribution in [1.82, 2.24) is 4.72 Å². The predicted octanol–water partition coefficient (Wildman–Crippen LogP) is 4.51. The molecular formula is C23H22ClNO4S. The first-order valence-corrected chi connectivity index (χ1v) is 11.2. The number of halogens is 1. The van der Waals surface area contributed by atoms with Gasteiger partial charge in [0.15, 0.2) is 5.78 Å². The third-order valence-electron chi connectivity index (χ3n) is 4.69. The van der Waals surface area contributed by atoms with Crippen LogP contribution in [0.15, 0.2) is 83.8 Å².